The van der Waals surface area contributed by atoms with Crippen molar-refractivity contribution in [3.8, 4) is 5.75 Å². The Hall–Kier alpha value is -3.07. The van der Waals surface area contributed by atoms with E-state index in [4.69, 9.17) is 4.74 Å². The minimum atomic E-state index is -0.517. The summed E-state index contributed by atoms with van der Waals surface area (Å²) in [5, 5.41) is 11.6. The van der Waals surface area contributed by atoms with Crippen LogP contribution in [0.1, 0.15) is 10.9 Å². The van der Waals surface area contributed by atoms with Crippen LogP contribution in [0.2, 0.25) is 0 Å². The number of ether oxygens (including phenoxy) is 1. The molecule has 8 nitrogen and oxygen atoms in total. The van der Waals surface area contributed by atoms with Crippen molar-refractivity contribution in [2.75, 3.05) is 12.4 Å². The Morgan fingerprint density at radius 2 is 1.92 bits per heavy atom. The summed E-state index contributed by atoms with van der Waals surface area (Å²) in [7, 11) is 0. The van der Waals surface area contributed by atoms with Gasteiger partial charge in [0.1, 0.15) is 11.1 Å². The van der Waals surface area contributed by atoms with Gasteiger partial charge in [0.25, 0.3) is 17.5 Å². The normalized spacial score (nSPS) is 16.4. The number of rotatable bonds is 6. The fraction of sp³-hybridized carbons (Fsp3) is 0.176. The number of nitro benzene ring substituents is 1. The largest absolute Gasteiger partial charge is 0.484 e. The average Bonchev–Trinajstić information content (AvgIpc) is 3.01. The van der Waals surface area contributed by atoms with Crippen molar-refractivity contribution in [2.45, 2.75) is 5.37 Å². The molecule has 3 rings (SSSR count). The topological polar surface area (TPSA) is 102 Å². The molecule has 1 fully saturated rings. The highest BCUT2D eigenvalue weighted by atomic mass is 32.2. The van der Waals surface area contributed by atoms with Crippen molar-refractivity contribution >= 4 is 29.3 Å². The Kier molecular flexibility index (Phi) is 5.37. The number of nitro groups is 1. The number of nitrogens with one attached hydrogen (secondary N) is 1. The first kappa shape index (κ1) is 17.7. The molecule has 1 N–H and O–H groups in total. The van der Waals surface area contributed by atoms with E-state index in [1.807, 2.05) is 30.3 Å². The highest BCUT2D eigenvalue weighted by Gasteiger charge is 2.34. The third-order valence-corrected chi connectivity index (χ3v) is 4.83. The molecule has 0 spiro atoms. The van der Waals surface area contributed by atoms with Gasteiger partial charge in [0.2, 0.25) is 0 Å². The molecule has 1 aliphatic heterocycles. The van der Waals surface area contributed by atoms with Gasteiger partial charge in [0.05, 0.1) is 10.7 Å². The van der Waals surface area contributed by atoms with E-state index < -0.39 is 10.8 Å². The summed E-state index contributed by atoms with van der Waals surface area (Å²) in [6, 6.07) is 14.8. The fourth-order valence-electron chi connectivity index (χ4n) is 2.39. The Labute approximate surface area is 153 Å². The van der Waals surface area contributed by atoms with Crippen LogP contribution < -0.4 is 10.2 Å². The molecule has 1 heterocycles. The maximum absolute atomic E-state index is 12.1. The molecule has 134 valence electrons. The van der Waals surface area contributed by atoms with Crippen LogP contribution in [-0.2, 0) is 9.59 Å². The van der Waals surface area contributed by atoms with Crippen molar-refractivity contribution in [1.82, 2.24) is 10.4 Å². The van der Waals surface area contributed by atoms with E-state index in [1.54, 1.807) is 0 Å². The highest BCUT2D eigenvalue weighted by Crippen LogP contribution is 2.36. The number of hydrazine groups is 1. The van der Waals surface area contributed by atoms with Crippen LogP contribution in [-0.4, -0.2) is 34.1 Å². The van der Waals surface area contributed by atoms with E-state index in [1.165, 1.54) is 41.0 Å². The lowest BCUT2D eigenvalue weighted by Gasteiger charge is -2.24. The average molecular weight is 373 g/mol. The number of carbonyl (C=O) groups is 2. The molecule has 1 saturated heterocycles. The van der Waals surface area contributed by atoms with Crippen molar-refractivity contribution in [3.05, 3.63) is 70.3 Å². The highest BCUT2D eigenvalue weighted by molar-refractivity contribution is 8.00. The molecule has 0 bridgehead atoms. The van der Waals surface area contributed by atoms with E-state index in [0.29, 0.717) is 5.75 Å². The number of nitrogens with zero attached hydrogens (tertiary/aromatic N) is 2. The second-order valence-electron chi connectivity index (χ2n) is 5.41. The lowest BCUT2D eigenvalue weighted by molar-refractivity contribution is -0.384. The molecule has 9 heteroatoms. The molecule has 2 aromatic rings. The van der Waals surface area contributed by atoms with Gasteiger partial charge < -0.3 is 4.74 Å². The second kappa shape index (κ2) is 7.87. The minimum Gasteiger partial charge on any atom is -0.484 e. The molecule has 2 amide bonds. The minimum absolute atomic E-state index is 0.0628. The lowest BCUT2D eigenvalue weighted by Crippen LogP contribution is -2.46. The van der Waals surface area contributed by atoms with E-state index in [0.717, 1.165) is 5.56 Å². The molecular weight excluding hydrogens is 358 g/mol. The van der Waals surface area contributed by atoms with Crippen LogP contribution in [0.15, 0.2) is 54.6 Å². The SMILES string of the molecule is O=C(COc1ccc([N+](=O)[O-])cc1)NN1C(=O)CSC1c1ccccc1. The molecule has 1 unspecified atom stereocenters. The van der Waals surface area contributed by atoms with E-state index in [2.05, 4.69) is 5.43 Å². The van der Waals surface area contributed by atoms with Crippen LogP contribution in [0.25, 0.3) is 0 Å². The first-order chi connectivity index (χ1) is 12.5. The zero-order valence-corrected chi connectivity index (χ0v) is 14.3. The summed E-state index contributed by atoms with van der Waals surface area (Å²) in [5.41, 5.74) is 3.42. The van der Waals surface area contributed by atoms with Gasteiger partial charge >= 0.3 is 0 Å². The Morgan fingerprint density at radius 3 is 2.58 bits per heavy atom. The van der Waals surface area contributed by atoms with Gasteiger partial charge in [0, 0.05) is 12.1 Å². The van der Waals surface area contributed by atoms with Crippen LogP contribution in [0.5, 0.6) is 5.75 Å². The molecule has 1 aliphatic rings. The summed E-state index contributed by atoms with van der Waals surface area (Å²) in [6.45, 7) is -0.312. The summed E-state index contributed by atoms with van der Waals surface area (Å²) >= 11 is 1.43. The lowest BCUT2D eigenvalue weighted by atomic mass is 10.2. The number of carbonyl (C=O) groups excluding carboxylic acids is 2. The number of non-ortho nitro benzene ring substituents is 1. The maximum atomic E-state index is 12.1. The first-order valence-electron chi connectivity index (χ1n) is 7.70. The Balaban J connectivity index is 1.58. The zero-order chi connectivity index (χ0) is 18.5. The molecule has 0 saturated carbocycles. The van der Waals surface area contributed by atoms with Gasteiger partial charge in [-0.25, -0.2) is 5.01 Å². The number of thioether (sulfide) groups is 1. The zero-order valence-electron chi connectivity index (χ0n) is 13.5. The van der Waals surface area contributed by atoms with Crippen molar-refractivity contribution < 1.29 is 19.2 Å². The van der Waals surface area contributed by atoms with Crippen molar-refractivity contribution in [2.24, 2.45) is 0 Å². The third kappa shape index (κ3) is 4.12. The summed E-state index contributed by atoms with van der Waals surface area (Å²) < 4.78 is 5.31. The molecule has 0 radical (unpaired) electrons. The van der Waals surface area contributed by atoms with Crippen LogP contribution >= 0.6 is 11.8 Å². The van der Waals surface area contributed by atoms with Gasteiger partial charge in [-0.05, 0) is 17.7 Å². The molecule has 0 aliphatic carbocycles. The summed E-state index contributed by atoms with van der Waals surface area (Å²) in [4.78, 5) is 34.3. The van der Waals surface area contributed by atoms with Gasteiger partial charge in [0.15, 0.2) is 6.61 Å². The summed E-state index contributed by atoms with van der Waals surface area (Å²) in [5.74, 6) is -0.0663. The quantitative estimate of drug-likeness (QED) is 0.616. The molecular formula is C17H15N3O5S. The summed E-state index contributed by atoms with van der Waals surface area (Å²) in [6.07, 6.45) is 0. The van der Waals surface area contributed by atoms with Crippen molar-refractivity contribution in [1.29, 1.82) is 0 Å². The number of hydrogen-bond donors (Lipinski definition) is 1. The third-order valence-electron chi connectivity index (χ3n) is 3.62. The van der Waals surface area contributed by atoms with Gasteiger partial charge in [-0.3, -0.25) is 25.1 Å². The van der Waals surface area contributed by atoms with Gasteiger partial charge in [-0.2, -0.15) is 0 Å². The molecule has 26 heavy (non-hydrogen) atoms. The fourth-order valence-corrected chi connectivity index (χ4v) is 3.50. The number of benzene rings is 2. The monoisotopic (exact) mass is 373 g/mol. The van der Waals surface area contributed by atoms with E-state index >= 15 is 0 Å². The predicted octanol–water partition coefficient (Wildman–Crippen LogP) is 2.28. The van der Waals surface area contributed by atoms with Crippen LogP contribution in [0.3, 0.4) is 0 Å². The van der Waals surface area contributed by atoms with Crippen molar-refractivity contribution in [3.63, 3.8) is 0 Å². The van der Waals surface area contributed by atoms with Crippen LogP contribution in [0, 0.1) is 10.1 Å². The van der Waals surface area contributed by atoms with Crippen LogP contribution in [0.4, 0.5) is 5.69 Å². The van der Waals surface area contributed by atoms with Gasteiger partial charge in [-0.15, -0.1) is 11.8 Å². The number of amides is 2. The molecule has 1 atom stereocenters. The Bertz CT molecular complexity index is 813. The molecule has 2 aromatic carbocycles. The van der Waals surface area contributed by atoms with Gasteiger partial charge in [-0.1, -0.05) is 30.3 Å². The van der Waals surface area contributed by atoms with E-state index in [9.17, 15) is 19.7 Å². The smallest absolute Gasteiger partial charge is 0.276 e. The molecule has 0 aromatic heterocycles. The predicted molar refractivity (Wildman–Crippen MR) is 95.2 cm³/mol. The Morgan fingerprint density at radius 1 is 1.23 bits per heavy atom. The van der Waals surface area contributed by atoms with E-state index in [-0.39, 0.29) is 29.3 Å². The number of hydrogen-bond acceptors (Lipinski definition) is 6. The first-order valence-corrected chi connectivity index (χ1v) is 8.75. The second-order valence-corrected chi connectivity index (χ2v) is 6.48. The maximum Gasteiger partial charge on any atom is 0.276 e. The standard InChI is InChI=1S/C17H15N3O5S/c21-15(10-25-14-8-6-13(7-9-14)20(23)24)18-19-16(22)11-26-17(19)12-4-2-1-3-5-12/h1-9,17H,10-11H2,(H,18,21).